The van der Waals surface area contributed by atoms with Crippen LogP contribution >= 0.6 is 15.9 Å². The minimum absolute atomic E-state index is 0.190. The maximum Gasteiger partial charge on any atom is 0.251 e. The van der Waals surface area contributed by atoms with Crippen LogP contribution in [0.15, 0.2) is 46.9 Å². The van der Waals surface area contributed by atoms with Crippen molar-refractivity contribution in [3.63, 3.8) is 0 Å². The third-order valence-corrected chi connectivity index (χ3v) is 3.52. The number of aryl methyl sites for hydroxylation is 1. The Labute approximate surface area is 135 Å². The minimum Gasteiger partial charge on any atom is -0.343 e. The minimum atomic E-state index is -0.431. The summed E-state index contributed by atoms with van der Waals surface area (Å²) in [5.41, 5.74) is 1.59. The maximum absolute atomic E-state index is 13.1. The van der Waals surface area contributed by atoms with Gasteiger partial charge in [0.2, 0.25) is 5.91 Å². The largest absolute Gasteiger partial charge is 0.343 e. The lowest BCUT2D eigenvalue weighted by molar-refractivity contribution is -0.115. The Kier molecular flexibility index (Phi) is 5.27. The van der Waals surface area contributed by atoms with Gasteiger partial charge in [0.15, 0.2) is 0 Å². The molecule has 2 amide bonds. The van der Waals surface area contributed by atoms with Gasteiger partial charge >= 0.3 is 0 Å². The summed E-state index contributed by atoms with van der Waals surface area (Å²) >= 11 is 3.28. The third kappa shape index (κ3) is 4.39. The van der Waals surface area contributed by atoms with Crippen molar-refractivity contribution in [3.8, 4) is 0 Å². The zero-order chi connectivity index (χ0) is 16.1. The van der Waals surface area contributed by atoms with E-state index in [1.807, 2.05) is 0 Å². The van der Waals surface area contributed by atoms with E-state index < -0.39 is 11.7 Å². The van der Waals surface area contributed by atoms with Crippen LogP contribution in [-0.4, -0.2) is 18.4 Å². The molecule has 0 aromatic heterocycles. The summed E-state index contributed by atoms with van der Waals surface area (Å²) in [5.74, 6) is -1.20. The second kappa shape index (κ2) is 7.17. The summed E-state index contributed by atoms with van der Waals surface area (Å²) in [7, 11) is 0. The molecule has 0 fully saturated rings. The van der Waals surface area contributed by atoms with Gasteiger partial charge in [0.05, 0.1) is 6.54 Å². The molecule has 4 nitrogen and oxygen atoms in total. The van der Waals surface area contributed by atoms with Gasteiger partial charge in [-0.25, -0.2) is 4.39 Å². The fourth-order valence-corrected chi connectivity index (χ4v) is 2.05. The SMILES string of the molecule is Cc1ccc(F)cc1NC(=O)CNC(=O)c1ccc(Br)cc1. The number of rotatable bonds is 4. The molecule has 0 aliphatic carbocycles. The number of benzene rings is 2. The number of nitrogens with one attached hydrogen (secondary N) is 2. The van der Waals surface area contributed by atoms with E-state index in [2.05, 4.69) is 26.6 Å². The number of anilines is 1. The first-order chi connectivity index (χ1) is 10.5. The van der Waals surface area contributed by atoms with E-state index in [1.165, 1.54) is 12.1 Å². The zero-order valence-electron chi connectivity index (χ0n) is 11.8. The van der Waals surface area contributed by atoms with Crippen molar-refractivity contribution in [1.82, 2.24) is 5.32 Å². The average Bonchev–Trinajstić information content (AvgIpc) is 2.49. The molecule has 2 aromatic carbocycles. The lowest BCUT2D eigenvalue weighted by atomic mass is 10.2. The number of carbonyl (C=O) groups excluding carboxylic acids is 2. The number of hydrogen-bond donors (Lipinski definition) is 2. The van der Waals surface area contributed by atoms with Crippen LogP contribution in [-0.2, 0) is 4.79 Å². The first-order valence-electron chi connectivity index (χ1n) is 6.55. The summed E-state index contributed by atoms with van der Waals surface area (Å²) in [6, 6.07) is 10.9. The lowest BCUT2D eigenvalue weighted by Gasteiger charge is -2.09. The van der Waals surface area contributed by atoms with Crippen molar-refractivity contribution < 1.29 is 14.0 Å². The highest BCUT2D eigenvalue weighted by Gasteiger charge is 2.09. The van der Waals surface area contributed by atoms with Crippen molar-refractivity contribution in [2.75, 3.05) is 11.9 Å². The van der Waals surface area contributed by atoms with E-state index in [0.29, 0.717) is 11.3 Å². The number of halogens is 2. The predicted molar refractivity (Wildman–Crippen MR) is 86.2 cm³/mol. The van der Waals surface area contributed by atoms with Crippen LogP contribution in [0.1, 0.15) is 15.9 Å². The molecule has 0 bridgehead atoms. The Morgan fingerprint density at radius 1 is 1.14 bits per heavy atom. The maximum atomic E-state index is 13.1. The fourth-order valence-electron chi connectivity index (χ4n) is 1.79. The number of amides is 2. The third-order valence-electron chi connectivity index (χ3n) is 2.99. The van der Waals surface area contributed by atoms with Crippen LogP contribution in [0.5, 0.6) is 0 Å². The van der Waals surface area contributed by atoms with Gasteiger partial charge in [-0.1, -0.05) is 22.0 Å². The summed E-state index contributed by atoms with van der Waals surface area (Å²) in [6.07, 6.45) is 0. The molecule has 0 aliphatic heterocycles. The van der Waals surface area contributed by atoms with Gasteiger partial charge in [-0.2, -0.15) is 0 Å². The van der Waals surface area contributed by atoms with Crippen molar-refractivity contribution in [1.29, 1.82) is 0 Å². The zero-order valence-corrected chi connectivity index (χ0v) is 13.4. The summed E-state index contributed by atoms with van der Waals surface area (Å²) < 4.78 is 14.0. The molecule has 0 radical (unpaired) electrons. The Bertz CT molecular complexity index is 702. The Hall–Kier alpha value is -2.21. The summed E-state index contributed by atoms with van der Waals surface area (Å²) in [6.45, 7) is 1.57. The summed E-state index contributed by atoms with van der Waals surface area (Å²) in [5, 5.41) is 5.08. The Morgan fingerprint density at radius 2 is 1.82 bits per heavy atom. The van der Waals surface area contributed by atoms with Gasteiger partial charge in [0, 0.05) is 15.7 Å². The molecule has 6 heteroatoms. The average molecular weight is 365 g/mol. The van der Waals surface area contributed by atoms with E-state index in [9.17, 15) is 14.0 Å². The van der Waals surface area contributed by atoms with Crippen molar-refractivity contribution >= 4 is 33.4 Å². The first-order valence-corrected chi connectivity index (χ1v) is 7.35. The molecule has 0 heterocycles. The molecule has 114 valence electrons. The highest BCUT2D eigenvalue weighted by molar-refractivity contribution is 9.10. The molecule has 0 saturated heterocycles. The molecular formula is C16H14BrFN2O2. The highest BCUT2D eigenvalue weighted by Crippen LogP contribution is 2.15. The topological polar surface area (TPSA) is 58.2 Å². The van der Waals surface area contributed by atoms with Gasteiger partial charge in [0.1, 0.15) is 5.82 Å². The fraction of sp³-hybridized carbons (Fsp3) is 0.125. The van der Waals surface area contributed by atoms with E-state index in [-0.39, 0.29) is 12.5 Å². The lowest BCUT2D eigenvalue weighted by Crippen LogP contribution is -2.33. The van der Waals surface area contributed by atoms with Crippen LogP contribution in [0.25, 0.3) is 0 Å². The van der Waals surface area contributed by atoms with Gasteiger partial charge in [-0.15, -0.1) is 0 Å². The smallest absolute Gasteiger partial charge is 0.251 e. The van der Waals surface area contributed by atoms with Crippen LogP contribution in [0.2, 0.25) is 0 Å². The Morgan fingerprint density at radius 3 is 2.50 bits per heavy atom. The molecule has 0 atom stereocenters. The van der Waals surface area contributed by atoms with Crippen LogP contribution < -0.4 is 10.6 Å². The normalized spacial score (nSPS) is 10.1. The van der Waals surface area contributed by atoms with E-state index in [4.69, 9.17) is 0 Å². The molecule has 0 unspecified atom stereocenters. The van der Waals surface area contributed by atoms with Crippen LogP contribution in [0.4, 0.5) is 10.1 Å². The molecule has 0 saturated carbocycles. The molecule has 2 rings (SSSR count). The number of carbonyl (C=O) groups is 2. The predicted octanol–water partition coefficient (Wildman–Crippen LogP) is 3.27. The second-order valence-electron chi connectivity index (χ2n) is 4.70. The number of hydrogen-bond acceptors (Lipinski definition) is 2. The highest BCUT2D eigenvalue weighted by atomic mass is 79.9. The molecule has 0 spiro atoms. The van der Waals surface area contributed by atoms with Crippen molar-refractivity contribution in [2.24, 2.45) is 0 Å². The van der Waals surface area contributed by atoms with Gasteiger partial charge in [-0.05, 0) is 48.9 Å². The van der Waals surface area contributed by atoms with Crippen LogP contribution in [0.3, 0.4) is 0 Å². The first kappa shape index (κ1) is 16.2. The van der Waals surface area contributed by atoms with Gasteiger partial charge in [0.25, 0.3) is 5.91 Å². The molecule has 2 N–H and O–H groups in total. The van der Waals surface area contributed by atoms with E-state index in [0.717, 1.165) is 10.0 Å². The van der Waals surface area contributed by atoms with Crippen molar-refractivity contribution in [2.45, 2.75) is 6.92 Å². The summed E-state index contributed by atoms with van der Waals surface area (Å²) in [4.78, 5) is 23.7. The monoisotopic (exact) mass is 364 g/mol. The molecular weight excluding hydrogens is 351 g/mol. The quantitative estimate of drug-likeness (QED) is 0.874. The standard InChI is InChI=1S/C16H14BrFN2O2/c1-10-2-7-13(18)8-14(10)20-15(21)9-19-16(22)11-3-5-12(17)6-4-11/h2-8H,9H2,1H3,(H,19,22)(H,20,21). The molecule has 2 aromatic rings. The molecule has 22 heavy (non-hydrogen) atoms. The molecule has 0 aliphatic rings. The van der Waals surface area contributed by atoms with Gasteiger partial charge in [-0.3, -0.25) is 9.59 Å². The van der Waals surface area contributed by atoms with E-state index in [1.54, 1.807) is 37.3 Å². The van der Waals surface area contributed by atoms with Crippen molar-refractivity contribution in [3.05, 3.63) is 63.9 Å². The Balaban J connectivity index is 1.91. The second-order valence-corrected chi connectivity index (χ2v) is 5.61. The van der Waals surface area contributed by atoms with Crippen LogP contribution in [0, 0.1) is 12.7 Å². The van der Waals surface area contributed by atoms with E-state index >= 15 is 0 Å². The van der Waals surface area contributed by atoms with Gasteiger partial charge < -0.3 is 10.6 Å².